The SMILES string of the molecule is CCC1(C)CCN(CCC(NC)C(C)(C)C)CC1. The van der Waals surface area contributed by atoms with Crippen LogP contribution in [0.4, 0.5) is 0 Å². The first-order chi connectivity index (χ1) is 8.30. The monoisotopic (exact) mass is 254 g/mol. The second-order valence-corrected chi connectivity index (χ2v) is 7.50. The fourth-order valence-electron chi connectivity index (χ4n) is 2.99. The Morgan fingerprint density at radius 3 is 2.17 bits per heavy atom. The summed E-state index contributed by atoms with van der Waals surface area (Å²) in [5, 5.41) is 3.48. The molecule has 0 aromatic carbocycles. The number of nitrogens with zero attached hydrogens (tertiary/aromatic N) is 1. The summed E-state index contributed by atoms with van der Waals surface area (Å²) in [5.74, 6) is 0. The van der Waals surface area contributed by atoms with Gasteiger partial charge < -0.3 is 10.2 Å². The van der Waals surface area contributed by atoms with Crippen LogP contribution in [0.1, 0.15) is 60.3 Å². The van der Waals surface area contributed by atoms with Crippen LogP contribution in [-0.2, 0) is 0 Å². The summed E-state index contributed by atoms with van der Waals surface area (Å²) in [6.07, 6.45) is 5.36. The van der Waals surface area contributed by atoms with Gasteiger partial charge in [-0.2, -0.15) is 0 Å². The summed E-state index contributed by atoms with van der Waals surface area (Å²) in [4.78, 5) is 2.66. The average molecular weight is 254 g/mol. The summed E-state index contributed by atoms with van der Waals surface area (Å²) in [7, 11) is 2.10. The van der Waals surface area contributed by atoms with E-state index < -0.39 is 0 Å². The highest BCUT2D eigenvalue weighted by molar-refractivity contribution is 4.84. The molecule has 1 aliphatic rings. The third-order valence-corrected chi connectivity index (χ3v) is 5.04. The Kier molecular flexibility index (Phi) is 5.67. The molecule has 1 aliphatic heterocycles. The zero-order chi connectivity index (χ0) is 13.8. The van der Waals surface area contributed by atoms with E-state index in [1.807, 2.05) is 0 Å². The van der Waals surface area contributed by atoms with E-state index in [4.69, 9.17) is 0 Å². The first kappa shape index (κ1) is 16.0. The van der Waals surface area contributed by atoms with Crippen LogP contribution in [-0.4, -0.2) is 37.6 Å². The Morgan fingerprint density at radius 1 is 1.22 bits per heavy atom. The molecule has 2 heteroatoms. The van der Waals surface area contributed by atoms with Crippen LogP contribution in [0.5, 0.6) is 0 Å². The first-order valence-electron chi connectivity index (χ1n) is 7.70. The van der Waals surface area contributed by atoms with Crippen LogP contribution in [0, 0.1) is 10.8 Å². The minimum Gasteiger partial charge on any atom is -0.316 e. The quantitative estimate of drug-likeness (QED) is 0.807. The highest BCUT2D eigenvalue weighted by atomic mass is 15.1. The molecule has 1 fully saturated rings. The predicted molar refractivity (Wildman–Crippen MR) is 81.0 cm³/mol. The third kappa shape index (κ3) is 4.55. The lowest BCUT2D eigenvalue weighted by Gasteiger charge is -2.40. The van der Waals surface area contributed by atoms with Crippen molar-refractivity contribution in [1.82, 2.24) is 10.2 Å². The van der Waals surface area contributed by atoms with Crippen LogP contribution in [0.3, 0.4) is 0 Å². The summed E-state index contributed by atoms with van der Waals surface area (Å²) in [6, 6.07) is 0.622. The van der Waals surface area contributed by atoms with Crippen molar-refractivity contribution in [3.05, 3.63) is 0 Å². The van der Waals surface area contributed by atoms with Gasteiger partial charge in [0.2, 0.25) is 0 Å². The van der Waals surface area contributed by atoms with Gasteiger partial charge in [0.05, 0.1) is 0 Å². The van der Waals surface area contributed by atoms with Crippen molar-refractivity contribution in [2.75, 3.05) is 26.7 Å². The highest BCUT2D eigenvalue weighted by Crippen LogP contribution is 2.34. The number of piperidine rings is 1. The van der Waals surface area contributed by atoms with Crippen LogP contribution in [0.2, 0.25) is 0 Å². The molecule has 2 nitrogen and oxygen atoms in total. The van der Waals surface area contributed by atoms with E-state index in [1.165, 1.54) is 45.3 Å². The number of hydrogen-bond donors (Lipinski definition) is 1. The Bertz CT molecular complexity index is 234. The largest absolute Gasteiger partial charge is 0.316 e. The molecule has 1 N–H and O–H groups in total. The molecular formula is C16H34N2. The summed E-state index contributed by atoms with van der Waals surface area (Å²) in [6.45, 7) is 15.6. The molecule has 0 aliphatic carbocycles. The van der Waals surface area contributed by atoms with Crippen LogP contribution >= 0.6 is 0 Å². The van der Waals surface area contributed by atoms with Crippen LogP contribution in [0.15, 0.2) is 0 Å². The molecule has 0 bridgehead atoms. The van der Waals surface area contributed by atoms with E-state index in [2.05, 4.69) is 51.9 Å². The van der Waals surface area contributed by atoms with Gasteiger partial charge in [0.25, 0.3) is 0 Å². The van der Waals surface area contributed by atoms with Crippen LogP contribution in [0.25, 0.3) is 0 Å². The summed E-state index contributed by atoms with van der Waals surface area (Å²) in [5.41, 5.74) is 0.978. The molecule has 1 unspecified atom stereocenters. The van der Waals surface area contributed by atoms with Crippen molar-refractivity contribution in [3.63, 3.8) is 0 Å². The number of nitrogens with one attached hydrogen (secondary N) is 1. The number of rotatable bonds is 5. The molecule has 0 amide bonds. The van der Waals surface area contributed by atoms with Gasteiger partial charge in [0.1, 0.15) is 0 Å². The van der Waals surface area contributed by atoms with Crippen molar-refractivity contribution in [1.29, 1.82) is 0 Å². The van der Waals surface area contributed by atoms with Gasteiger partial charge in [0, 0.05) is 6.04 Å². The molecule has 108 valence electrons. The topological polar surface area (TPSA) is 15.3 Å². The molecule has 18 heavy (non-hydrogen) atoms. The van der Waals surface area contributed by atoms with Crippen molar-refractivity contribution in [3.8, 4) is 0 Å². The highest BCUT2D eigenvalue weighted by Gasteiger charge is 2.29. The Morgan fingerprint density at radius 2 is 1.78 bits per heavy atom. The second kappa shape index (κ2) is 6.38. The van der Waals surface area contributed by atoms with Gasteiger partial charge in [-0.15, -0.1) is 0 Å². The fraction of sp³-hybridized carbons (Fsp3) is 1.00. The standard InChI is InChI=1S/C16H34N2/c1-7-16(5)9-12-18(13-10-16)11-8-14(17-6)15(2,3)4/h14,17H,7-13H2,1-6H3. The van der Waals surface area contributed by atoms with Gasteiger partial charge in [-0.05, 0) is 56.8 Å². The van der Waals surface area contributed by atoms with Gasteiger partial charge in [-0.25, -0.2) is 0 Å². The third-order valence-electron chi connectivity index (χ3n) is 5.04. The van der Waals surface area contributed by atoms with E-state index in [1.54, 1.807) is 0 Å². The van der Waals surface area contributed by atoms with Crippen molar-refractivity contribution < 1.29 is 0 Å². The Balaban J connectivity index is 2.33. The normalized spacial score (nSPS) is 23.0. The van der Waals surface area contributed by atoms with E-state index in [9.17, 15) is 0 Å². The van der Waals surface area contributed by atoms with E-state index >= 15 is 0 Å². The molecule has 0 spiro atoms. The lowest BCUT2D eigenvalue weighted by molar-refractivity contribution is 0.105. The molecule has 0 aromatic heterocycles. The molecule has 0 aromatic rings. The van der Waals surface area contributed by atoms with Gasteiger partial charge in [0.15, 0.2) is 0 Å². The fourth-order valence-corrected chi connectivity index (χ4v) is 2.99. The number of likely N-dealkylation sites (tertiary alicyclic amines) is 1. The summed E-state index contributed by atoms with van der Waals surface area (Å²) >= 11 is 0. The maximum absolute atomic E-state index is 3.48. The zero-order valence-electron chi connectivity index (χ0n) is 13.5. The van der Waals surface area contributed by atoms with Crippen LogP contribution < -0.4 is 5.32 Å². The zero-order valence-corrected chi connectivity index (χ0v) is 13.5. The van der Waals surface area contributed by atoms with Gasteiger partial charge >= 0.3 is 0 Å². The van der Waals surface area contributed by atoms with E-state index in [0.717, 1.165) is 0 Å². The van der Waals surface area contributed by atoms with Gasteiger partial charge in [-0.1, -0.05) is 41.0 Å². The lowest BCUT2D eigenvalue weighted by atomic mass is 9.78. The average Bonchev–Trinajstić information content (AvgIpc) is 2.31. The number of hydrogen-bond acceptors (Lipinski definition) is 2. The van der Waals surface area contributed by atoms with Crippen molar-refractivity contribution in [2.45, 2.75) is 66.3 Å². The molecule has 1 atom stereocenters. The maximum Gasteiger partial charge on any atom is 0.0125 e. The minimum atomic E-state index is 0.364. The lowest BCUT2D eigenvalue weighted by Crippen LogP contribution is -2.44. The van der Waals surface area contributed by atoms with E-state index in [0.29, 0.717) is 16.9 Å². The van der Waals surface area contributed by atoms with Crippen molar-refractivity contribution in [2.24, 2.45) is 10.8 Å². The second-order valence-electron chi connectivity index (χ2n) is 7.50. The Labute approximate surface area is 115 Å². The molecule has 0 radical (unpaired) electrons. The Hall–Kier alpha value is -0.0800. The molecule has 1 rings (SSSR count). The predicted octanol–water partition coefficient (Wildman–Crippen LogP) is 3.52. The smallest absolute Gasteiger partial charge is 0.0125 e. The van der Waals surface area contributed by atoms with Crippen molar-refractivity contribution >= 4 is 0 Å². The van der Waals surface area contributed by atoms with Gasteiger partial charge in [-0.3, -0.25) is 0 Å². The molecule has 0 saturated carbocycles. The van der Waals surface area contributed by atoms with E-state index in [-0.39, 0.29) is 0 Å². The maximum atomic E-state index is 3.48. The minimum absolute atomic E-state index is 0.364. The first-order valence-corrected chi connectivity index (χ1v) is 7.70. The summed E-state index contributed by atoms with van der Waals surface area (Å²) < 4.78 is 0. The molecule has 1 heterocycles. The molecular weight excluding hydrogens is 220 g/mol. The molecule has 1 saturated heterocycles.